The fourth-order valence-corrected chi connectivity index (χ4v) is 2.41. The minimum absolute atomic E-state index is 0.00934. The fourth-order valence-electron chi connectivity index (χ4n) is 2.41. The standard InChI is InChI=1S/C19H20N2O4/c1-24-16-9-15(10-17(11-16)25-2)21-19(23)13-4-3-5-14(8-13)20-18(22)12-6-7-12/h3-5,8-12H,6-7H2,1-2H3,(H,20,22)(H,21,23). The summed E-state index contributed by atoms with van der Waals surface area (Å²) in [4.78, 5) is 24.3. The predicted octanol–water partition coefficient (Wildman–Crippen LogP) is 3.30. The van der Waals surface area contributed by atoms with E-state index in [1.165, 1.54) is 0 Å². The van der Waals surface area contributed by atoms with Gasteiger partial charge in [0.1, 0.15) is 11.5 Å². The first-order valence-electron chi connectivity index (χ1n) is 8.04. The van der Waals surface area contributed by atoms with Crippen LogP contribution in [0.2, 0.25) is 0 Å². The number of amides is 2. The highest BCUT2D eigenvalue weighted by atomic mass is 16.5. The van der Waals surface area contributed by atoms with Gasteiger partial charge in [-0.15, -0.1) is 0 Å². The number of carbonyl (C=O) groups is 2. The van der Waals surface area contributed by atoms with Crippen molar-refractivity contribution in [3.8, 4) is 11.5 Å². The molecule has 0 unspecified atom stereocenters. The Morgan fingerprint density at radius 2 is 1.60 bits per heavy atom. The summed E-state index contributed by atoms with van der Waals surface area (Å²) in [6, 6.07) is 12.0. The van der Waals surface area contributed by atoms with Crippen LogP contribution in [0.25, 0.3) is 0 Å². The van der Waals surface area contributed by atoms with Crippen molar-refractivity contribution in [2.24, 2.45) is 5.92 Å². The maximum atomic E-state index is 12.5. The number of carbonyl (C=O) groups excluding carboxylic acids is 2. The number of hydrogen-bond donors (Lipinski definition) is 2. The minimum atomic E-state index is -0.280. The lowest BCUT2D eigenvalue weighted by Gasteiger charge is -2.11. The first-order chi connectivity index (χ1) is 12.1. The molecule has 2 N–H and O–H groups in total. The summed E-state index contributed by atoms with van der Waals surface area (Å²) < 4.78 is 10.4. The molecule has 130 valence electrons. The van der Waals surface area contributed by atoms with E-state index in [9.17, 15) is 9.59 Å². The second-order valence-electron chi connectivity index (χ2n) is 5.90. The van der Waals surface area contributed by atoms with Gasteiger partial charge in [0.05, 0.1) is 14.2 Å². The van der Waals surface area contributed by atoms with Crippen molar-refractivity contribution in [1.29, 1.82) is 0 Å². The molecule has 2 aromatic rings. The maximum absolute atomic E-state index is 12.5. The van der Waals surface area contributed by atoms with Crippen molar-refractivity contribution < 1.29 is 19.1 Å². The average Bonchev–Trinajstić information content (AvgIpc) is 3.46. The van der Waals surface area contributed by atoms with Gasteiger partial charge in [-0.05, 0) is 31.0 Å². The van der Waals surface area contributed by atoms with E-state index in [-0.39, 0.29) is 17.7 Å². The number of hydrogen-bond acceptors (Lipinski definition) is 4. The first kappa shape index (κ1) is 16.8. The summed E-state index contributed by atoms with van der Waals surface area (Å²) in [6.45, 7) is 0. The van der Waals surface area contributed by atoms with E-state index < -0.39 is 0 Å². The first-order valence-corrected chi connectivity index (χ1v) is 8.04. The molecule has 0 spiro atoms. The number of nitrogens with one attached hydrogen (secondary N) is 2. The van der Waals surface area contributed by atoms with E-state index >= 15 is 0 Å². The van der Waals surface area contributed by atoms with Crippen LogP contribution in [-0.2, 0) is 4.79 Å². The van der Waals surface area contributed by atoms with Gasteiger partial charge < -0.3 is 20.1 Å². The van der Waals surface area contributed by atoms with Gasteiger partial charge in [0.2, 0.25) is 5.91 Å². The lowest BCUT2D eigenvalue weighted by atomic mass is 10.1. The molecule has 1 fully saturated rings. The van der Waals surface area contributed by atoms with Crippen LogP contribution in [0.4, 0.5) is 11.4 Å². The van der Waals surface area contributed by atoms with Crippen LogP contribution in [0, 0.1) is 5.92 Å². The van der Waals surface area contributed by atoms with Gasteiger partial charge in [0, 0.05) is 41.1 Å². The summed E-state index contributed by atoms with van der Waals surface area (Å²) in [6.07, 6.45) is 1.87. The molecule has 0 aliphatic heterocycles. The van der Waals surface area contributed by atoms with Gasteiger partial charge in [-0.3, -0.25) is 9.59 Å². The van der Waals surface area contributed by atoms with Gasteiger partial charge in [-0.1, -0.05) is 6.07 Å². The van der Waals surface area contributed by atoms with Gasteiger partial charge in [-0.2, -0.15) is 0 Å². The van der Waals surface area contributed by atoms with Gasteiger partial charge in [0.25, 0.3) is 5.91 Å². The van der Waals surface area contributed by atoms with E-state index in [4.69, 9.17) is 9.47 Å². The Morgan fingerprint density at radius 3 is 2.20 bits per heavy atom. The Bertz CT molecular complexity index is 778. The van der Waals surface area contributed by atoms with Crippen molar-refractivity contribution in [1.82, 2.24) is 0 Å². The number of ether oxygens (including phenoxy) is 2. The summed E-state index contributed by atoms with van der Waals surface area (Å²) in [5, 5.41) is 5.65. The quantitative estimate of drug-likeness (QED) is 0.846. The molecule has 3 rings (SSSR count). The van der Waals surface area contributed by atoms with Crippen LogP contribution >= 0.6 is 0 Å². The van der Waals surface area contributed by atoms with E-state index in [1.54, 1.807) is 56.7 Å². The molecule has 0 radical (unpaired) electrons. The molecule has 6 nitrogen and oxygen atoms in total. The highest BCUT2D eigenvalue weighted by Gasteiger charge is 2.29. The highest BCUT2D eigenvalue weighted by Crippen LogP contribution is 2.30. The third-order valence-corrected chi connectivity index (χ3v) is 3.95. The molecule has 1 aliphatic carbocycles. The van der Waals surface area contributed by atoms with Crippen LogP contribution in [0.5, 0.6) is 11.5 Å². The summed E-state index contributed by atoms with van der Waals surface area (Å²) in [7, 11) is 3.10. The fraction of sp³-hybridized carbons (Fsp3) is 0.263. The van der Waals surface area contributed by atoms with Crippen molar-refractivity contribution >= 4 is 23.2 Å². The molecule has 0 heterocycles. The average molecular weight is 340 g/mol. The van der Waals surface area contributed by atoms with Crippen LogP contribution < -0.4 is 20.1 Å². The van der Waals surface area contributed by atoms with Crippen LogP contribution in [0.15, 0.2) is 42.5 Å². The number of methoxy groups -OCH3 is 2. The molecular formula is C19H20N2O4. The second-order valence-corrected chi connectivity index (χ2v) is 5.90. The molecule has 0 aromatic heterocycles. The molecule has 1 aliphatic rings. The zero-order valence-corrected chi connectivity index (χ0v) is 14.2. The van der Waals surface area contributed by atoms with Crippen LogP contribution in [-0.4, -0.2) is 26.0 Å². The SMILES string of the molecule is COc1cc(NC(=O)c2cccc(NC(=O)C3CC3)c2)cc(OC)c1. The lowest BCUT2D eigenvalue weighted by Crippen LogP contribution is -2.15. The summed E-state index contributed by atoms with van der Waals surface area (Å²) in [5.74, 6) is 1.01. The van der Waals surface area contributed by atoms with Crippen molar-refractivity contribution in [2.45, 2.75) is 12.8 Å². The Labute approximate surface area is 146 Å². The second kappa shape index (κ2) is 7.25. The number of benzene rings is 2. The van der Waals surface area contributed by atoms with Gasteiger partial charge in [-0.25, -0.2) is 0 Å². The van der Waals surface area contributed by atoms with Crippen molar-refractivity contribution in [3.05, 3.63) is 48.0 Å². The lowest BCUT2D eigenvalue weighted by molar-refractivity contribution is -0.117. The Balaban J connectivity index is 1.73. The molecule has 0 bridgehead atoms. The van der Waals surface area contributed by atoms with Crippen molar-refractivity contribution in [3.63, 3.8) is 0 Å². The summed E-state index contributed by atoms with van der Waals surface area (Å²) in [5.41, 5.74) is 1.64. The van der Waals surface area contributed by atoms with E-state index in [1.807, 2.05) is 0 Å². The van der Waals surface area contributed by atoms with Gasteiger partial charge in [0.15, 0.2) is 0 Å². The summed E-state index contributed by atoms with van der Waals surface area (Å²) >= 11 is 0. The minimum Gasteiger partial charge on any atom is -0.497 e. The molecular weight excluding hydrogens is 320 g/mol. The molecule has 2 aromatic carbocycles. The van der Waals surface area contributed by atoms with Crippen LogP contribution in [0.1, 0.15) is 23.2 Å². The zero-order chi connectivity index (χ0) is 17.8. The zero-order valence-electron chi connectivity index (χ0n) is 14.2. The number of rotatable bonds is 6. The largest absolute Gasteiger partial charge is 0.497 e. The van der Waals surface area contributed by atoms with E-state index in [0.29, 0.717) is 28.4 Å². The predicted molar refractivity (Wildman–Crippen MR) is 95.3 cm³/mol. The van der Waals surface area contributed by atoms with Crippen molar-refractivity contribution in [2.75, 3.05) is 24.9 Å². The Morgan fingerprint density at radius 1 is 0.920 bits per heavy atom. The third-order valence-electron chi connectivity index (χ3n) is 3.95. The molecule has 6 heteroatoms. The highest BCUT2D eigenvalue weighted by molar-refractivity contribution is 6.05. The Kier molecular flexibility index (Phi) is 4.88. The van der Waals surface area contributed by atoms with Gasteiger partial charge >= 0.3 is 0 Å². The number of anilines is 2. The van der Waals surface area contributed by atoms with Crippen LogP contribution in [0.3, 0.4) is 0 Å². The topological polar surface area (TPSA) is 76.7 Å². The van der Waals surface area contributed by atoms with E-state index in [0.717, 1.165) is 12.8 Å². The Hall–Kier alpha value is -3.02. The maximum Gasteiger partial charge on any atom is 0.255 e. The molecule has 0 atom stereocenters. The normalized spacial score (nSPS) is 13.0. The molecule has 0 saturated heterocycles. The molecule has 1 saturated carbocycles. The monoisotopic (exact) mass is 340 g/mol. The van der Waals surface area contributed by atoms with E-state index in [2.05, 4.69) is 10.6 Å². The smallest absolute Gasteiger partial charge is 0.255 e. The molecule has 2 amide bonds. The molecule has 25 heavy (non-hydrogen) atoms. The third kappa shape index (κ3) is 4.29.